The lowest BCUT2D eigenvalue weighted by atomic mass is 9.97. The average molecular weight is 408 g/mol. The van der Waals surface area contributed by atoms with Gasteiger partial charge in [0.15, 0.2) is 0 Å². The Balaban J connectivity index is 1.72. The van der Waals surface area contributed by atoms with E-state index in [4.69, 9.17) is 14.6 Å². The van der Waals surface area contributed by atoms with E-state index in [1.807, 2.05) is 6.07 Å². The Morgan fingerprint density at radius 1 is 0.833 bits per heavy atom. The van der Waals surface area contributed by atoms with Gasteiger partial charge in [-0.15, -0.1) is 0 Å². The Hall–Kier alpha value is -2.56. The molecule has 160 valence electrons. The maximum Gasteiger partial charge on any atom is 0.123 e. The van der Waals surface area contributed by atoms with Gasteiger partial charge in [0.1, 0.15) is 18.1 Å². The van der Waals surface area contributed by atoms with Crippen LogP contribution in [0.4, 0.5) is 0 Å². The van der Waals surface area contributed by atoms with E-state index in [2.05, 4.69) is 73.3 Å². The van der Waals surface area contributed by atoms with Gasteiger partial charge in [0.05, 0.1) is 6.61 Å². The Morgan fingerprint density at radius 2 is 1.60 bits per heavy atom. The molecule has 0 fully saturated rings. The van der Waals surface area contributed by atoms with Gasteiger partial charge in [0.25, 0.3) is 0 Å². The number of aliphatic hydroxyl groups is 1. The monoisotopic (exact) mass is 407 g/mol. The van der Waals surface area contributed by atoms with Gasteiger partial charge in [-0.2, -0.15) is 0 Å². The lowest BCUT2D eigenvalue weighted by molar-refractivity contribution is 0.223. The second kappa shape index (κ2) is 11.6. The number of likely N-dealkylation sites (N-methyl/N-ethyl adjacent to an activating group) is 1. The summed E-state index contributed by atoms with van der Waals surface area (Å²) in [6.45, 7) is 8.74. The summed E-state index contributed by atoms with van der Waals surface area (Å²) in [5.41, 5.74) is 2.40. The highest BCUT2D eigenvalue weighted by molar-refractivity contribution is 5.88. The molecule has 0 unspecified atom stereocenters. The van der Waals surface area contributed by atoms with E-state index < -0.39 is 0 Å². The minimum atomic E-state index is 0.138. The lowest BCUT2D eigenvalue weighted by Gasteiger charge is -2.18. The van der Waals surface area contributed by atoms with E-state index >= 15 is 0 Å². The van der Waals surface area contributed by atoms with Crippen molar-refractivity contribution >= 4 is 10.8 Å². The van der Waals surface area contributed by atoms with Gasteiger partial charge in [0.2, 0.25) is 0 Å². The van der Waals surface area contributed by atoms with Crippen LogP contribution in [0.3, 0.4) is 0 Å². The van der Waals surface area contributed by atoms with Gasteiger partial charge < -0.3 is 19.5 Å². The summed E-state index contributed by atoms with van der Waals surface area (Å²) in [6, 6.07) is 20.9. The number of fused-ring (bicyclic) bond motifs is 1. The smallest absolute Gasteiger partial charge is 0.123 e. The SMILES string of the molecule is CCN(CC)CCOc1ccc(Cc2c(OCCCO)ccc3ccccc23)cc1. The van der Waals surface area contributed by atoms with E-state index in [-0.39, 0.29) is 6.61 Å². The first-order valence-electron chi connectivity index (χ1n) is 10.9. The molecule has 0 aromatic heterocycles. The maximum absolute atomic E-state index is 9.07. The summed E-state index contributed by atoms with van der Waals surface area (Å²) in [5.74, 6) is 1.80. The highest BCUT2D eigenvalue weighted by atomic mass is 16.5. The molecule has 0 saturated heterocycles. The minimum Gasteiger partial charge on any atom is -0.493 e. The molecule has 0 heterocycles. The van der Waals surface area contributed by atoms with Gasteiger partial charge in [0, 0.05) is 31.6 Å². The summed E-state index contributed by atoms with van der Waals surface area (Å²) < 4.78 is 11.9. The van der Waals surface area contributed by atoms with Gasteiger partial charge in [-0.1, -0.05) is 56.3 Å². The number of hydrogen-bond donors (Lipinski definition) is 1. The molecule has 0 amide bonds. The number of nitrogens with zero attached hydrogens (tertiary/aromatic N) is 1. The molecule has 0 bridgehead atoms. The molecule has 0 aliphatic rings. The molecule has 3 aromatic carbocycles. The molecule has 30 heavy (non-hydrogen) atoms. The van der Waals surface area contributed by atoms with E-state index in [1.54, 1.807) is 0 Å². The second-order valence-corrected chi connectivity index (χ2v) is 7.39. The standard InChI is InChI=1S/C26H33NO3/c1-3-27(4-2)16-19-29-23-13-10-21(11-14-23)20-25-24-9-6-5-8-22(24)12-15-26(25)30-18-7-17-28/h5-6,8-15,28H,3-4,7,16-20H2,1-2H3. The van der Waals surface area contributed by atoms with Gasteiger partial charge in [-0.3, -0.25) is 0 Å². The third-order valence-electron chi connectivity index (χ3n) is 5.43. The molecular weight excluding hydrogens is 374 g/mol. The third kappa shape index (κ3) is 5.97. The van der Waals surface area contributed by atoms with Crippen LogP contribution in [0.5, 0.6) is 11.5 Å². The molecular formula is C26H33NO3. The highest BCUT2D eigenvalue weighted by Crippen LogP contribution is 2.31. The zero-order chi connectivity index (χ0) is 21.2. The Labute approximate surface area is 180 Å². The molecule has 0 saturated carbocycles. The van der Waals surface area contributed by atoms with Crippen molar-refractivity contribution in [1.29, 1.82) is 0 Å². The predicted octanol–water partition coefficient (Wildman–Crippen LogP) is 4.91. The third-order valence-corrected chi connectivity index (χ3v) is 5.43. The zero-order valence-corrected chi connectivity index (χ0v) is 18.1. The number of ether oxygens (including phenoxy) is 2. The van der Waals surface area contributed by atoms with Crippen molar-refractivity contribution in [3.8, 4) is 11.5 Å². The van der Waals surface area contributed by atoms with Crippen molar-refractivity contribution < 1.29 is 14.6 Å². The topological polar surface area (TPSA) is 41.9 Å². The van der Waals surface area contributed by atoms with Crippen molar-refractivity contribution in [1.82, 2.24) is 4.90 Å². The van der Waals surface area contributed by atoms with Crippen LogP contribution in [0.25, 0.3) is 10.8 Å². The summed E-state index contributed by atoms with van der Waals surface area (Å²) in [7, 11) is 0. The van der Waals surface area contributed by atoms with Crippen molar-refractivity contribution in [3.05, 3.63) is 71.8 Å². The first kappa shape index (κ1) is 22.1. The Morgan fingerprint density at radius 3 is 2.33 bits per heavy atom. The first-order valence-corrected chi connectivity index (χ1v) is 10.9. The average Bonchev–Trinajstić information content (AvgIpc) is 2.79. The van der Waals surface area contributed by atoms with Crippen molar-refractivity contribution in [3.63, 3.8) is 0 Å². The van der Waals surface area contributed by atoms with Crippen LogP contribution in [-0.2, 0) is 6.42 Å². The summed E-state index contributed by atoms with van der Waals surface area (Å²) in [4.78, 5) is 2.35. The van der Waals surface area contributed by atoms with E-state index in [1.165, 1.54) is 21.9 Å². The summed E-state index contributed by atoms with van der Waals surface area (Å²) in [6.07, 6.45) is 1.42. The normalized spacial score (nSPS) is 11.2. The number of hydrogen-bond acceptors (Lipinski definition) is 4. The van der Waals surface area contributed by atoms with Gasteiger partial charge in [-0.05, 0) is 47.6 Å². The van der Waals surface area contributed by atoms with Crippen LogP contribution >= 0.6 is 0 Å². The van der Waals surface area contributed by atoms with E-state index in [0.717, 1.165) is 37.6 Å². The van der Waals surface area contributed by atoms with Gasteiger partial charge >= 0.3 is 0 Å². The van der Waals surface area contributed by atoms with Crippen LogP contribution in [0.15, 0.2) is 60.7 Å². The van der Waals surface area contributed by atoms with Crippen LogP contribution < -0.4 is 9.47 Å². The van der Waals surface area contributed by atoms with Crippen LogP contribution in [0, 0.1) is 0 Å². The molecule has 0 radical (unpaired) electrons. The fraction of sp³-hybridized carbons (Fsp3) is 0.385. The molecule has 3 rings (SSSR count). The quantitative estimate of drug-likeness (QED) is 0.433. The molecule has 0 atom stereocenters. The molecule has 4 heteroatoms. The number of rotatable bonds is 12. The van der Waals surface area contributed by atoms with Gasteiger partial charge in [-0.25, -0.2) is 0 Å². The molecule has 0 aliphatic carbocycles. The Bertz CT molecular complexity index is 904. The predicted molar refractivity (Wildman–Crippen MR) is 124 cm³/mol. The van der Waals surface area contributed by atoms with Crippen molar-refractivity contribution in [2.45, 2.75) is 26.7 Å². The lowest BCUT2D eigenvalue weighted by Crippen LogP contribution is -2.27. The van der Waals surface area contributed by atoms with Crippen LogP contribution in [-0.4, -0.2) is 49.5 Å². The minimum absolute atomic E-state index is 0.138. The van der Waals surface area contributed by atoms with Crippen LogP contribution in [0.1, 0.15) is 31.4 Å². The summed E-state index contributed by atoms with van der Waals surface area (Å²) >= 11 is 0. The fourth-order valence-electron chi connectivity index (χ4n) is 3.62. The first-order chi connectivity index (χ1) is 14.7. The molecule has 3 aromatic rings. The maximum atomic E-state index is 9.07. The molecule has 4 nitrogen and oxygen atoms in total. The zero-order valence-electron chi connectivity index (χ0n) is 18.1. The molecule has 0 spiro atoms. The fourth-order valence-corrected chi connectivity index (χ4v) is 3.62. The second-order valence-electron chi connectivity index (χ2n) is 7.39. The summed E-state index contributed by atoms with van der Waals surface area (Å²) in [5, 5.41) is 11.5. The van der Waals surface area contributed by atoms with Crippen molar-refractivity contribution in [2.24, 2.45) is 0 Å². The number of benzene rings is 3. The molecule has 0 aliphatic heterocycles. The Kier molecular flexibility index (Phi) is 8.54. The largest absolute Gasteiger partial charge is 0.493 e. The van der Waals surface area contributed by atoms with Crippen molar-refractivity contribution in [2.75, 3.05) is 39.5 Å². The van der Waals surface area contributed by atoms with E-state index in [9.17, 15) is 0 Å². The van der Waals surface area contributed by atoms with E-state index in [0.29, 0.717) is 19.6 Å². The highest BCUT2D eigenvalue weighted by Gasteiger charge is 2.10. The van der Waals surface area contributed by atoms with Crippen LogP contribution in [0.2, 0.25) is 0 Å². The molecule has 1 N–H and O–H groups in total. The number of aliphatic hydroxyl groups excluding tert-OH is 1.